The molecule has 0 aliphatic carbocycles. The average Bonchev–Trinajstić information content (AvgIpc) is 2.93. The second-order valence-corrected chi connectivity index (χ2v) is 8.43. The van der Waals surface area contributed by atoms with Gasteiger partial charge >= 0.3 is 5.97 Å². The average molecular weight is 489 g/mol. The maximum Gasteiger partial charge on any atom is 0.373 e. The Morgan fingerprint density at radius 2 is 1.28 bits per heavy atom. The maximum atomic E-state index is 12.6. The van der Waals surface area contributed by atoms with E-state index in [2.05, 4.69) is 0 Å². The SMILES string of the molecule is CCOC(=O)C1=C[C@@H](OCc2ccccc2)[C@@H](OCc2ccccc2)[C@@H](COCc2ccccc2)O1. The first-order valence-electron chi connectivity index (χ1n) is 12.2. The monoisotopic (exact) mass is 488 g/mol. The molecule has 0 aromatic heterocycles. The van der Waals surface area contributed by atoms with Gasteiger partial charge in [0, 0.05) is 0 Å². The molecule has 1 heterocycles. The van der Waals surface area contributed by atoms with Gasteiger partial charge in [0.15, 0.2) is 6.10 Å². The third-order valence-corrected chi connectivity index (χ3v) is 5.73. The molecule has 188 valence electrons. The van der Waals surface area contributed by atoms with Crippen molar-refractivity contribution in [3.8, 4) is 0 Å². The fourth-order valence-electron chi connectivity index (χ4n) is 3.92. The lowest BCUT2D eigenvalue weighted by Gasteiger charge is -2.36. The highest BCUT2D eigenvalue weighted by Gasteiger charge is 2.39. The molecule has 4 rings (SSSR count). The van der Waals surface area contributed by atoms with E-state index in [0.717, 1.165) is 16.7 Å². The van der Waals surface area contributed by atoms with Crippen molar-refractivity contribution in [2.75, 3.05) is 13.2 Å². The molecule has 36 heavy (non-hydrogen) atoms. The van der Waals surface area contributed by atoms with E-state index in [4.69, 9.17) is 23.7 Å². The van der Waals surface area contributed by atoms with E-state index < -0.39 is 24.3 Å². The molecule has 6 nitrogen and oxygen atoms in total. The lowest BCUT2D eigenvalue weighted by molar-refractivity contribution is -0.167. The summed E-state index contributed by atoms with van der Waals surface area (Å²) in [5.41, 5.74) is 3.10. The van der Waals surface area contributed by atoms with Gasteiger partial charge in [-0.1, -0.05) is 91.0 Å². The largest absolute Gasteiger partial charge is 0.478 e. The fraction of sp³-hybridized carbons (Fsp3) is 0.300. The Balaban J connectivity index is 1.53. The normalized spacial score (nSPS) is 19.2. The Morgan fingerprint density at radius 3 is 1.83 bits per heavy atom. The van der Waals surface area contributed by atoms with Gasteiger partial charge in [-0.15, -0.1) is 0 Å². The molecule has 0 unspecified atom stereocenters. The zero-order valence-corrected chi connectivity index (χ0v) is 20.5. The molecule has 0 saturated heterocycles. The second kappa shape index (κ2) is 13.6. The van der Waals surface area contributed by atoms with Crippen molar-refractivity contribution < 1.29 is 28.5 Å². The summed E-state index contributed by atoms with van der Waals surface area (Å²) in [6, 6.07) is 29.7. The van der Waals surface area contributed by atoms with Gasteiger partial charge in [0.25, 0.3) is 0 Å². The Bertz CT molecular complexity index is 1080. The quantitative estimate of drug-likeness (QED) is 0.326. The van der Waals surface area contributed by atoms with Crippen LogP contribution in [0.1, 0.15) is 23.6 Å². The van der Waals surface area contributed by atoms with Crippen molar-refractivity contribution in [3.63, 3.8) is 0 Å². The molecule has 0 spiro atoms. The maximum absolute atomic E-state index is 12.6. The molecule has 1 aliphatic rings. The van der Waals surface area contributed by atoms with Crippen LogP contribution in [0.3, 0.4) is 0 Å². The zero-order chi connectivity index (χ0) is 25.0. The third-order valence-electron chi connectivity index (χ3n) is 5.73. The van der Waals surface area contributed by atoms with Crippen LogP contribution in [0.15, 0.2) is 103 Å². The van der Waals surface area contributed by atoms with Crippen LogP contribution in [-0.4, -0.2) is 37.5 Å². The fourth-order valence-corrected chi connectivity index (χ4v) is 3.92. The topological polar surface area (TPSA) is 63.2 Å². The van der Waals surface area contributed by atoms with Crippen molar-refractivity contribution in [2.24, 2.45) is 0 Å². The van der Waals surface area contributed by atoms with Crippen molar-refractivity contribution in [1.29, 1.82) is 0 Å². The molecular formula is C30H32O6. The predicted octanol–water partition coefficient (Wildman–Crippen LogP) is 5.22. The summed E-state index contributed by atoms with van der Waals surface area (Å²) in [7, 11) is 0. The van der Waals surface area contributed by atoms with E-state index in [0.29, 0.717) is 19.8 Å². The van der Waals surface area contributed by atoms with Crippen LogP contribution >= 0.6 is 0 Å². The molecule has 3 aromatic carbocycles. The second-order valence-electron chi connectivity index (χ2n) is 8.43. The molecule has 1 aliphatic heterocycles. The van der Waals surface area contributed by atoms with Crippen LogP contribution in [-0.2, 0) is 48.3 Å². The lowest BCUT2D eigenvalue weighted by Crippen LogP contribution is -2.48. The minimum Gasteiger partial charge on any atom is -0.478 e. The molecule has 0 N–H and O–H groups in total. The van der Waals surface area contributed by atoms with E-state index in [1.54, 1.807) is 13.0 Å². The molecule has 3 atom stereocenters. The zero-order valence-electron chi connectivity index (χ0n) is 20.5. The summed E-state index contributed by atoms with van der Waals surface area (Å²) in [4.78, 5) is 12.6. The Hall–Kier alpha value is -3.45. The van der Waals surface area contributed by atoms with Gasteiger partial charge in [-0.2, -0.15) is 0 Å². The van der Waals surface area contributed by atoms with Crippen LogP contribution in [0.5, 0.6) is 0 Å². The van der Waals surface area contributed by atoms with Crippen molar-refractivity contribution in [2.45, 2.75) is 45.1 Å². The van der Waals surface area contributed by atoms with Crippen LogP contribution in [0.25, 0.3) is 0 Å². The predicted molar refractivity (Wildman–Crippen MR) is 136 cm³/mol. The highest BCUT2D eigenvalue weighted by atomic mass is 16.6. The summed E-state index contributed by atoms with van der Waals surface area (Å²) in [5.74, 6) is -0.414. The van der Waals surface area contributed by atoms with E-state index in [1.165, 1.54) is 0 Å². The number of carbonyl (C=O) groups is 1. The highest BCUT2D eigenvalue weighted by Crippen LogP contribution is 2.26. The molecule has 3 aromatic rings. The molecule has 0 radical (unpaired) electrons. The van der Waals surface area contributed by atoms with Crippen LogP contribution < -0.4 is 0 Å². The van der Waals surface area contributed by atoms with Gasteiger partial charge in [-0.3, -0.25) is 0 Å². The van der Waals surface area contributed by atoms with Crippen molar-refractivity contribution >= 4 is 5.97 Å². The van der Waals surface area contributed by atoms with Crippen molar-refractivity contribution in [1.82, 2.24) is 0 Å². The Labute approximate surface area is 212 Å². The smallest absolute Gasteiger partial charge is 0.373 e. The number of hydrogen-bond donors (Lipinski definition) is 0. The standard InChI is InChI=1S/C30H32O6/c1-2-33-30(31)27-18-26(34-20-24-14-8-4-9-15-24)29(35-21-25-16-10-5-11-17-25)28(36-27)22-32-19-23-12-6-3-7-13-23/h3-18,26,28-29H,2,19-22H2,1H3/t26-,28-,29-/m1/s1. The van der Waals surface area contributed by atoms with E-state index in [1.807, 2.05) is 91.0 Å². The summed E-state index contributed by atoms with van der Waals surface area (Å²) in [6.45, 7) is 3.38. The van der Waals surface area contributed by atoms with Crippen LogP contribution in [0, 0.1) is 0 Å². The number of rotatable bonds is 12. The molecule has 0 saturated carbocycles. The first-order valence-corrected chi connectivity index (χ1v) is 12.2. The number of ether oxygens (including phenoxy) is 5. The number of benzene rings is 3. The molecule has 0 fully saturated rings. The van der Waals surface area contributed by atoms with E-state index in [9.17, 15) is 4.79 Å². The van der Waals surface area contributed by atoms with E-state index in [-0.39, 0.29) is 19.0 Å². The van der Waals surface area contributed by atoms with Crippen molar-refractivity contribution in [3.05, 3.63) is 120 Å². The molecule has 0 amide bonds. The van der Waals surface area contributed by atoms with Gasteiger partial charge < -0.3 is 23.7 Å². The first kappa shape index (κ1) is 25.6. The number of carbonyl (C=O) groups excluding carboxylic acids is 1. The van der Waals surface area contributed by atoms with Crippen LogP contribution in [0.4, 0.5) is 0 Å². The van der Waals surface area contributed by atoms with Gasteiger partial charge in [-0.25, -0.2) is 4.79 Å². The lowest BCUT2D eigenvalue weighted by atomic mass is 10.0. The van der Waals surface area contributed by atoms with Gasteiger partial charge in [-0.05, 0) is 29.7 Å². The van der Waals surface area contributed by atoms with Crippen LogP contribution in [0.2, 0.25) is 0 Å². The molecule has 0 bridgehead atoms. The number of esters is 1. The first-order chi connectivity index (χ1) is 17.7. The number of hydrogen-bond acceptors (Lipinski definition) is 6. The minimum atomic E-state index is -0.567. The summed E-state index contributed by atoms with van der Waals surface area (Å²) in [6.07, 6.45) is 0.0578. The minimum absolute atomic E-state index is 0.114. The molecular weight excluding hydrogens is 456 g/mol. The van der Waals surface area contributed by atoms with Gasteiger partial charge in [0.1, 0.15) is 12.2 Å². The third kappa shape index (κ3) is 7.52. The van der Waals surface area contributed by atoms with Gasteiger partial charge in [0.05, 0.1) is 33.0 Å². The van der Waals surface area contributed by atoms with Gasteiger partial charge in [0.2, 0.25) is 5.76 Å². The Kier molecular flexibility index (Phi) is 9.68. The Morgan fingerprint density at radius 1 is 0.750 bits per heavy atom. The summed E-state index contributed by atoms with van der Waals surface area (Å²) < 4.78 is 29.9. The summed E-state index contributed by atoms with van der Waals surface area (Å²) in [5, 5.41) is 0. The van der Waals surface area contributed by atoms with E-state index >= 15 is 0 Å². The summed E-state index contributed by atoms with van der Waals surface area (Å²) >= 11 is 0. The molecule has 6 heteroatoms. The highest BCUT2D eigenvalue weighted by molar-refractivity contribution is 5.86.